The number of hydrogen-bond acceptors (Lipinski definition) is 0. The van der Waals surface area contributed by atoms with Crippen LogP contribution in [0.15, 0.2) is 12.2 Å². The quantitative estimate of drug-likeness (QED) is 0.486. The lowest BCUT2D eigenvalue weighted by Gasteiger charge is -2.17. The van der Waals surface area contributed by atoms with Crippen LogP contribution in [-0.4, -0.2) is 0 Å². The lowest BCUT2D eigenvalue weighted by molar-refractivity contribution is 0.339. The highest BCUT2D eigenvalue weighted by Crippen LogP contribution is 2.73. The van der Waals surface area contributed by atoms with Gasteiger partial charge in [-0.3, -0.25) is 0 Å². The Bertz CT molecular complexity index is 192. The smallest absolute Gasteiger partial charge is 0.00785 e. The van der Waals surface area contributed by atoms with Crippen LogP contribution in [0.4, 0.5) is 0 Å². The summed E-state index contributed by atoms with van der Waals surface area (Å²) in [5, 5.41) is 0. The molecule has 0 saturated heterocycles. The minimum atomic E-state index is 0.598. The van der Waals surface area contributed by atoms with Crippen molar-refractivity contribution in [3.05, 3.63) is 12.2 Å². The SMILES string of the molecule is CCC12CC1(C)C=CC2C. The van der Waals surface area contributed by atoms with Crippen LogP contribution in [0.5, 0.6) is 0 Å². The molecule has 2 rings (SSSR count). The van der Waals surface area contributed by atoms with Gasteiger partial charge in [0.05, 0.1) is 0 Å². The number of rotatable bonds is 1. The van der Waals surface area contributed by atoms with Crippen molar-refractivity contribution in [2.45, 2.75) is 33.6 Å². The van der Waals surface area contributed by atoms with Gasteiger partial charge in [0, 0.05) is 0 Å². The van der Waals surface area contributed by atoms with Crippen molar-refractivity contribution >= 4 is 0 Å². The number of hydrogen-bond donors (Lipinski definition) is 0. The summed E-state index contributed by atoms with van der Waals surface area (Å²) < 4.78 is 0. The topological polar surface area (TPSA) is 0 Å². The zero-order chi connectivity index (χ0) is 7.41. The van der Waals surface area contributed by atoms with Gasteiger partial charge in [0.1, 0.15) is 0 Å². The van der Waals surface area contributed by atoms with Crippen LogP contribution in [-0.2, 0) is 0 Å². The molecule has 0 bridgehead atoms. The van der Waals surface area contributed by atoms with E-state index in [1.54, 1.807) is 0 Å². The van der Waals surface area contributed by atoms with Crippen LogP contribution in [0.1, 0.15) is 33.6 Å². The Hall–Kier alpha value is -0.260. The van der Waals surface area contributed by atoms with Crippen LogP contribution in [0.2, 0.25) is 0 Å². The fourth-order valence-electron chi connectivity index (χ4n) is 2.91. The molecule has 0 aromatic heterocycles. The fraction of sp³-hybridized carbons (Fsp3) is 0.800. The van der Waals surface area contributed by atoms with Gasteiger partial charge in [-0.25, -0.2) is 0 Å². The molecule has 1 fully saturated rings. The van der Waals surface area contributed by atoms with Gasteiger partial charge in [-0.2, -0.15) is 0 Å². The van der Waals surface area contributed by atoms with Gasteiger partial charge in [-0.1, -0.05) is 32.9 Å². The molecular formula is C10H16. The summed E-state index contributed by atoms with van der Waals surface area (Å²) in [5.74, 6) is 0.836. The van der Waals surface area contributed by atoms with Crippen LogP contribution in [0.25, 0.3) is 0 Å². The molecule has 0 aromatic carbocycles. The third-order valence-corrected chi connectivity index (χ3v) is 3.95. The Labute approximate surface area is 63.3 Å². The van der Waals surface area contributed by atoms with Gasteiger partial charge < -0.3 is 0 Å². The monoisotopic (exact) mass is 136 g/mol. The molecule has 0 spiro atoms. The molecule has 2 aliphatic rings. The first-order chi connectivity index (χ1) is 4.65. The largest absolute Gasteiger partial charge is 0.0845 e. The molecule has 0 radical (unpaired) electrons. The van der Waals surface area contributed by atoms with Crippen molar-refractivity contribution in [2.75, 3.05) is 0 Å². The molecule has 0 aliphatic heterocycles. The summed E-state index contributed by atoms with van der Waals surface area (Å²) in [6, 6.07) is 0. The van der Waals surface area contributed by atoms with Gasteiger partial charge in [-0.05, 0) is 29.6 Å². The van der Waals surface area contributed by atoms with Crippen LogP contribution in [0.3, 0.4) is 0 Å². The zero-order valence-electron chi connectivity index (χ0n) is 7.15. The first-order valence-corrected chi connectivity index (χ1v) is 4.34. The minimum Gasteiger partial charge on any atom is -0.0845 e. The van der Waals surface area contributed by atoms with Crippen LogP contribution < -0.4 is 0 Å². The Kier molecular flexibility index (Phi) is 0.962. The lowest BCUT2D eigenvalue weighted by atomic mass is 9.87. The molecular weight excluding hydrogens is 120 g/mol. The molecule has 56 valence electrons. The second-order valence-corrected chi connectivity index (χ2v) is 4.25. The third kappa shape index (κ3) is 0.457. The highest BCUT2D eigenvalue weighted by atomic mass is 14.7. The summed E-state index contributed by atoms with van der Waals surface area (Å²) in [6.45, 7) is 7.09. The number of fused-ring (bicyclic) bond motifs is 1. The predicted octanol–water partition coefficient (Wildman–Crippen LogP) is 3.00. The van der Waals surface area contributed by atoms with E-state index in [1.807, 2.05) is 0 Å². The third-order valence-electron chi connectivity index (χ3n) is 3.95. The second-order valence-electron chi connectivity index (χ2n) is 4.25. The van der Waals surface area contributed by atoms with E-state index in [0.29, 0.717) is 10.8 Å². The molecule has 10 heavy (non-hydrogen) atoms. The van der Waals surface area contributed by atoms with Crippen molar-refractivity contribution in [3.63, 3.8) is 0 Å². The molecule has 0 amide bonds. The Morgan fingerprint density at radius 2 is 2.30 bits per heavy atom. The van der Waals surface area contributed by atoms with Crippen molar-refractivity contribution < 1.29 is 0 Å². The molecule has 0 N–H and O–H groups in total. The molecule has 1 saturated carbocycles. The van der Waals surface area contributed by atoms with E-state index in [-0.39, 0.29) is 0 Å². The summed E-state index contributed by atoms with van der Waals surface area (Å²) in [4.78, 5) is 0. The number of allylic oxidation sites excluding steroid dienone is 2. The van der Waals surface area contributed by atoms with E-state index in [0.717, 1.165) is 5.92 Å². The van der Waals surface area contributed by atoms with E-state index in [9.17, 15) is 0 Å². The molecule has 0 aromatic rings. The van der Waals surface area contributed by atoms with E-state index in [4.69, 9.17) is 0 Å². The van der Waals surface area contributed by atoms with Gasteiger partial charge in [0.25, 0.3) is 0 Å². The Morgan fingerprint density at radius 1 is 1.60 bits per heavy atom. The standard InChI is InChI=1S/C10H16/c1-4-10-7-9(10,3)6-5-8(10)2/h5-6,8H,4,7H2,1-3H3. The molecule has 3 atom stereocenters. The highest BCUT2D eigenvalue weighted by molar-refractivity contribution is 5.30. The van der Waals surface area contributed by atoms with Gasteiger partial charge >= 0.3 is 0 Å². The average molecular weight is 136 g/mol. The maximum Gasteiger partial charge on any atom is -0.00785 e. The van der Waals surface area contributed by atoms with E-state index >= 15 is 0 Å². The summed E-state index contributed by atoms with van der Waals surface area (Å²) in [7, 11) is 0. The maximum atomic E-state index is 2.43. The van der Waals surface area contributed by atoms with Crippen molar-refractivity contribution in [2.24, 2.45) is 16.7 Å². The minimum absolute atomic E-state index is 0.598. The first kappa shape index (κ1) is 6.45. The van der Waals surface area contributed by atoms with E-state index in [2.05, 4.69) is 32.9 Å². The molecule has 2 aliphatic carbocycles. The van der Waals surface area contributed by atoms with Gasteiger partial charge in [0.2, 0.25) is 0 Å². The van der Waals surface area contributed by atoms with Crippen LogP contribution in [0, 0.1) is 16.7 Å². The first-order valence-electron chi connectivity index (χ1n) is 4.34. The average Bonchev–Trinajstić information content (AvgIpc) is 2.47. The summed E-state index contributed by atoms with van der Waals surface area (Å²) >= 11 is 0. The predicted molar refractivity (Wildman–Crippen MR) is 43.8 cm³/mol. The fourth-order valence-corrected chi connectivity index (χ4v) is 2.91. The molecule has 0 heterocycles. The van der Waals surface area contributed by atoms with Gasteiger partial charge in [-0.15, -0.1) is 0 Å². The molecule has 0 heteroatoms. The van der Waals surface area contributed by atoms with Crippen molar-refractivity contribution in [3.8, 4) is 0 Å². The summed E-state index contributed by atoms with van der Waals surface area (Å²) in [5.41, 5.74) is 1.29. The maximum absolute atomic E-state index is 2.43. The Balaban J connectivity index is 2.30. The normalized spacial score (nSPS) is 56.9. The lowest BCUT2D eigenvalue weighted by Crippen LogP contribution is -2.11. The second kappa shape index (κ2) is 1.49. The highest BCUT2D eigenvalue weighted by Gasteiger charge is 2.65. The van der Waals surface area contributed by atoms with Crippen molar-refractivity contribution in [1.29, 1.82) is 0 Å². The zero-order valence-corrected chi connectivity index (χ0v) is 7.15. The van der Waals surface area contributed by atoms with E-state index < -0.39 is 0 Å². The van der Waals surface area contributed by atoms with E-state index in [1.165, 1.54) is 12.8 Å². The van der Waals surface area contributed by atoms with Crippen molar-refractivity contribution in [1.82, 2.24) is 0 Å². The molecule has 3 unspecified atom stereocenters. The molecule has 0 nitrogen and oxygen atoms in total. The van der Waals surface area contributed by atoms with Crippen LogP contribution >= 0.6 is 0 Å². The van der Waals surface area contributed by atoms with Gasteiger partial charge in [0.15, 0.2) is 0 Å². The Morgan fingerprint density at radius 3 is 2.50 bits per heavy atom. The summed E-state index contributed by atoms with van der Waals surface area (Å²) in [6.07, 6.45) is 7.62.